The fourth-order valence-electron chi connectivity index (χ4n) is 1.28. The van der Waals surface area contributed by atoms with Crippen LogP contribution in [0.5, 0.6) is 5.75 Å². The molecule has 0 heterocycles. The van der Waals surface area contributed by atoms with Gasteiger partial charge in [0.15, 0.2) is 6.10 Å². The number of carbonyl (C=O) groups is 1. The van der Waals surface area contributed by atoms with E-state index in [4.69, 9.17) is 16.3 Å². The fraction of sp³-hybridized carbons (Fsp3) is 0.364. The van der Waals surface area contributed by atoms with Crippen molar-refractivity contribution < 1.29 is 19.4 Å². The van der Waals surface area contributed by atoms with Crippen LogP contribution in [-0.4, -0.2) is 31.4 Å². The number of hydrogen-bond donors (Lipinski definition) is 1. The van der Waals surface area contributed by atoms with Crippen molar-refractivity contribution in [3.8, 4) is 5.75 Å². The van der Waals surface area contributed by atoms with Gasteiger partial charge in [0, 0.05) is 6.42 Å². The van der Waals surface area contributed by atoms with Gasteiger partial charge in [0.05, 0.1) is 19.2 Å². The molecule has 0 spiro atoms. The van der Waals surface area contributed by atoms with Gasteiger partial charge < -0.3 is 14.6 Å². The second kappa shape index (κ2) is 5.72. The van der Waals surface area contributed by atoms with Gasteiger partial charge in [-0.15, -0.1) is 0 Å². The monoisotopic (exact) mass is 244 g/mol. The van der Waals surface area contributed by atoms with Gasteiger partial charge in [0.1, 0.15) is 5.75 Å². The summed E-state index contributed by atoms with van der Waals surface area (Å²) in [5.41, 5.74) is 0.740. The van der Waals surface area contributed by atoms with Gasteiger partial charge in [-0.1, -0.05) is 17.7 Å². The number of hydrogen-bond acceptors (Lipinski definition) is 4. The van der Waals surface area contributed by atoms with Crippen molar-refractivity contribution in [2.24, 2.45) is 0 Å². The molecule has 0 aromatic heterocycles. The first-order valence-electron chi connectivity index (χ1n) is 4.66. The first-order chi connectivity index (χ1) is 7.58. The van der Waals surface area contributed by atoms with Crippen LogP contribution in [-0.2, 0) is 16.0 Å². The maximum atomic E-state index is 11.0. The molecule has 1 aromatic rings. The summed E-state index contributed by atoms with van der Waals surface area (Å²) in [5, 5.41) is 9.88. The number of esters is 1. The van der Waals surface area contributed by atoms with Gasteiger partial charge in [0.2, 0.25) is 0 Å². The van der Waals surface area contributed by atoms with E-state index in [-0.39, 0.29) is 6.42 Å². The highest BCUT2D eigenvalue weighted by molar-refractivity contribution is 6.32. The third-order valence-electron chi connectivity index (χ3n) is 2.12. The van der Waals surface area contributed by atoms with Gasteiger partial charge in [0.25, 0.3) is 0 Å². The molecular weight excluding hydrogens is 232 g/mol. The highest BCUT2D eigenvalue weighted by Gasteiger charge is 2.16. The first kappa shape index (κ1) is 12.8. The molecule has 0 aliphatic carbocycles. The molecule has 16 heavy (non-hydrogen) atoms. The number of methoxy groups -OCH3 is 2. The molecule has 0 radical (unpaired) electrons. The minimum absolute atomic E-state index is 0.163. The SMILES string of the molecule is COC(=O)C(O)Cc1ccc(OC)c(Cl)c1. The van der Waals surface area contributed by atoms with E-state index < -0.39 is 12.1 Å². The van der Waals surface area contributed by atoms with Crippen LogP contribution in [0, 0.1) is 0 Å². The van der Waals surface area contributed by atoms with Crippen molar-refractivity contribution in [2.45, 2.75) is 12.5 Å². The van der Waals surface area contributed by atoms with Crippen molar-refractivity contribution in [3.63, 3.8) is 0 Å². The Morgan fingerprint density at radius 2 is 2.19 bits per heavy atom. The average molecular weight is 245 g/mol. The van der Waals surface area contributed by atoms with Crippen LogP contribution in [0.4, 0.5) is 0 Å². The van der Waals surface area contributed by atoms with E-state index in [1.807, 2.05) is 0 Å². The molecule has 1 unspecified atom stereocenters. The Bertz CT molecular complexity index is 378. The summed E-state index contributed by atoms with van der Waals surface area (Å²) in [6.45, 7) is 0. The van der Waals surface area contributed by atoms with E-state index in [0.29, 0.717) is 10.8 Å². The highest BCUT2D eigenvalue weighted by Crippen LogP contribution is 2.25. The third kappa shape index (κ3) is 3.12. The van der Waals surface area contributed by atoms with Gasteiger partial charge in [-0.2, -0.15) is 0 Å². The number of aliphatic hydroxyl groups is 1. The molecule has 0 saturated carbocycles. The van der Waals surface area contributed by atoms with Crippen molar-refractivity contribution in [1.82, 2.24) is 0 Å². The molecule has 5 heteroatoms. The van der Waals surface area contributed by atoms with Gasteiger partial charge in [-0.25, -0.2) is 4.79 Å². The molecule has 0 saturated heterocycles. The maximum Gasteiger partial charge on any atom is 0.335 e. The summed E-state index contributed by atoms with van der Waals surface area (Å²) in [7, 11) is 2.75. The Labute approximate surface area is 98.7 Å². The molecule has 0 aliphatic rings. The quantitative estimate of drug-likeness (QED) is 0.814. The molecule has 0 aliphatic heterocycles. The van der Waals surface area contributed by atoms with Crippen molar-refractivity contribution in [2.75, 3.05) is 14.2 Å². The Hall–Kier alpha value is -1.26. The predicted molar refractivity (Wildman–Crippen MR) is 59.7 cm³/mol. The molecule has 4 nitrogen and oxygen atoms in total. The van der Waals surface area contributed by atoms with Crippen LogP contribution in [0.1, 0.15) is 5.56 Å². The Morgan fingerprint density at radius 3 is 2.69 bits per heavy atom. The predicted octanol–water partition coefficient (Wildman–Crippen LogP) is 1.43. The van der Waals surface area contributed by atoms with Gasteiger partial charge >= 0.3 is 5.97 Å². The number of rotatable bonds is 4. The summed E-state index contributed by atoms with van der Waals surface area (Å²) in [4.78, 5) is 11.0. The topological polar surface area (TPSA) is 55.8 Å². The summed E-state index contributed by atoms with van der Waals surface area (Å²) in [6.07, 6.45) is -1.01. The van der Waals surface area contributed by atoms with Gasteiger partial charge in [-0.05, 0) is 17.7 Å². The second-order valence-electron chi connectivity index (χ2n) is 3.21. The Morgan fingerprint density at radius 1 is 1.50 bits per heavy atom. The van der Waals surface area contributed by atoms with Gasteiger partial charge in [-0.3, -0.25) is 0 Å². The lowest BCUT2D eigenvalue weighted by atomic mass is 10.1. The van der Waals surface area contributed by atoms with Crippen molar-refractivity contribution >= 4 is 17.6 Å². The number of aliphatic hydroxyl groups excluding tert-OH is 1. The highest BCUT2D eigenvalue weighted by atomic mass is 35.5. The molecular formula is C11H13ClO4. The van der Waals surface area contributed by atoms with E-state index in [1.54, 1.807) is 18.2 Å². The van der Waals surface area contributed by atoms with Crippen LogP contribution in [0.25, 0.3) is 0 Å². The van der Waals surface area contributed by atoms with E-state index in [0.717, 1.165) is 5.56 Å². The smallest absolute Gasteiger partial charge is 0.335 e. The van der Waals surface area contributed by atoms with E-state index in [9.17, 15) is 9.90 Å². The lowest BCUT2D eigenvalue weighted by molar-refractivity contribution is -0.150. The zero-order valence-corrected chi connectivity index (χ0v) is 9.82. The molecule has 1 atom stereocenters. The normalized spacial score (nSPS) is 12.0. The van der Waals surface area contributed by atoms with E-state index in [2.05, 4.69) is 4.74 Å². The lowest BCUT2D eigenvalue weighted by Crippen LogP contribution is -2.24. The van der Waals surface area contributed by atoms with Crippen LogP contribution in [0.3, 0.4) is 0 Å². The minimum Gasteiger partial charge on any atom is -0.495 e. The molecule has 1 aromatic carbocycles. The maximum absolute atomic E-state index is 11.0. The zero-order valence-electron chi connectivity index (χ0n) is 9.07. The third-order valence-corrected chi connectivity index (χ3v) is 2.41. The molecule has 0 fully saturated rings. The number of benzene rings is 1. The van der Waals surface area contributed by atoms with Crippen LogP contribution >= 0.6 is 11.6 Å². The summed E-state index contributed by atoms with van der Waals surface area (Å²) in [6, 6.07) is 5.06. The molecule has 1 rings (SSSR count). The Kier molecular flexibility index (Phi) is 4.58. The van der Waals surface area contributed by atoms with Crippen LogP contribution in [0.2, 0.25) is 5.02 Å². The molecule has 0 amide bonds. The first-order valence-corrected chi connectivity index (χ1v) is 5.04. The molecule has 1 N–H and O–H groups in total. The number of halogens is 1. The molecule has 0 bridgehead atoms. The zero-order chi connectivity index (χ0) is 12.1. The number of carbonyl (C=O) groups excluding carboxylic acids is 1. The Balaban J connectivity index is 2.75. The average Bonchev–Trinajstić information content (AvgIpc) is 2.28. The lowest BCUT2D eigenvalue weighted by Gasteiger charge is -2.09. The van der Waals surface area contributed by atoms with Crippen LogP contribution in [0.15, 0.2) is 18.2 Å². The largest absolute Gasteiger partial charge is 0.495 e. The van der Waals surface area contributed by atoms with Crippen LogP contribution < -0.4 is 4.74 Å². The van der Waals surface area contributed by atoms with E-state index in [1.165, 1.54) is 14.2 Å². The van der Waals surface area contributed by atoms with Crippen molar-refractivity contribution in [3.05, 3.63) is 28.8 Å². The second-order valence-corrected chi connectivity index (χ2v) is 3.62. The summed E-state index contributed by atoms with van der Waals surface area (Å²) in [5.74, 6) is -0.107. The standard InChI is InChI=1S/C11H13ClO4/c1-15-10-4-3-7(5-8(10)12)6-9(13)11(14)16-2/h3-5,9,13H,6H2,1-2H3. The summed E-state index contributed by atoms with van der Waals surface area (Å²) >= 11 is 5.90. The number of ether oxygens (including phenoxy) is 2. The fourth-order valence-corrected chi connectivity index (χ4v) is 1.56. The summed E-state index contributed by atoms with van der Waals surface area (Å²) < 4.78 is 9.40. The minimum atomic E-state index is -1.17. The molecule has 88 valence electrons. The van der Waals surface area contributed by atoms with Crippen molar-refractivity contribution in [1.29, 1.82) is 0 Å². The van der Waals surface area contributed by atoms with E-state index >= 15 is 0 Å².